The van der Waals surface area contributed by atoms with Crippen LogP contribution in [0.25, 0.3) is 0 Å². The molecule has 20 heavy (non-hydrogen) atoms. The molecule has 2 rings (SSSR count). The molecule has 1 atom stereocenters. The first-order chi connectivity index (χ1) is 9.38. The summed E-state index contributed by atoms with van der Waals surface area (Å²) >= 11 is 0. The monoisotopic (exact) mass is 296 g/mol. The fourth-order valence-corrected chi connectivity index (χ4v) is 2.93. The molecule has 0 saturated heterocycles. The van der Waals surface area contributed by atoms with Crippen LogP contribution in [0.15, 0.2) is 24.3 Å². The van der Waals surface area contributed by atoms with Gasteiger partial charge in [-0.25, -0.2) is 8.42 Å². The van der Waals surface area contributed by atoms with Crippen LogP contribution in [-0.4, -0.2) is 26.3 Å². The maximum atomic E-state index is 12.3. The van der Waals surface area contributed by atoms with Crippen molar-refractivity contribution in [1.82, 2.24) is 5.32 Å². The van der Waals surface area contributed by atoms with Crippen LogP contribution in [0.2, 0.25) is 0 Å². The van der Waals surface area contributed by atoms with Gasteiger partial charge in [-0.2, -0.15) is 0 Å². The molecule has 0 aromatic heterocycles. The Bertz CT molecular complexity index is 551. The van der Waals surface area contributed by atoms with Crippen molar-refractivity contribution < 1.29 is 8.42 Å². The van der Waals surface area contributed by atoms with E-state index in [0.717, 1.165) is 18.4 Å². The molecule has 1 aliphatic rings. The maximum Gasteiger partial charge on any atom is 0.236 e. The summed E-state index contributed by atoms with van der Waals surface area (Å²) in [6.45, 7) is 6.43. The standard InChI is InChI=1S/C15H24N2O2S/c1-11(2)13-5-4-6-15(9-13)17-20(18,19)12(3)10-16-14-7-8-14/h4-6,9,11-12,14,16-17H,7-8,10H2,1-3H3. The lowest BCUT2D eigenvalue weighted by molar-refractivity contribution is 0.576. The molecule has 0 bridgehead atoms. The first-order valence-electron chi connectivity index (χ1n) is 7.23. The average molecular weight is 296 g/mol. The zero-order valence-corrected chi connectivity index (χ0v) is 13.2. The Morgan fingerprint density at radius 1 is 1.25 bits per heavy atom. The first-order valence-corrected chi connectivity index (χ1v) is 8.78. The van der Waals surface area contributed by atoms with Crippen molar-refractivity contribution in [2.45, 2.75) is 50.8 Å². The molecule has 0 spiro atoms. The number of benzene rings is 1. The van der Waals surface area contributed by atoms with Crippen LogP contribution in [0.4, 0.5) is 5.69 Å². The molecule has 0 heterocycles. The van der Waals surface area contributed by atoms with E-state index in [4.69, 9.17) is 0 Å². The van der Waals surface area contributed by atoms with Gasteiger partial charge in [0.05, 0.1) is 5.25 Å². The number of hydrogen-bond donors (Lipinski definition) is 2. The van der Waals surface area contributed by atoms with Crippen molar-refractivity contribution in [2.24, 2.45) is 0 Å². The largest absolute Gasteiger partial charge is 0.313 e. The minimum absolute atomic E-state index is 0.383. The van der Waals surface area contributed by atoms with Crippen LogP contribution in [0.5, 0.6) is 0 Å². The van der Waals surface area contributed by atoms with Gasteiger partial charge in [0.2, 0.25) is 10.0 Å². The highest BCUT2D eigenvalue weighted by molar-refractivity contribution is 7.93. The second-order valence-corrected chi connectivity index (χ2v) is 8.02. The van der Waals surface area contributed by atoms with Gasteiger partial charge in [-0.15, -0.1) is 0 Å². The second kappa shape index (κ2) is 6.14. The van der Waals surface area contributed by atoms with Gasteiger partial charge in [0.1, 0.15) is 0 Å². The number of anilines is 1. The lowest BCUT2D eigenvalue weighted by Crippen LogP contribution is -2.35. The number of nitrogens with one attached hydrogen (secondary N) is 2. The van der Waals surface area contributed by atoms with Crippen molar-refractivity contribution in [3.05, 3.63) is 29.8 Å². The van der Waals surface area contributed by atoms with Gasteiger partial charge in [0, 0.05) is 18.3 Å². The molecular weight excluding hydrogens is 272 g/mol. The molecular formula is C15H24N2O2S. The maximum absolute atomic E-state index is 12.3. The van der Waals surface area contributed by atoms with E-state index in [1.165, 1.54) is 0 Å². The van der Waals surface area contributed by atoms with E-state index in [9.17, 15) is 8.42 Å². The molecule has 112 valence electrons. The van der Waals surface area contributed by atoms with Crippen LogP contribution in [0.3, 0.4) is 0 Å². The summed E-state index contributed by atoms with van der Waals surface area (Å²) in [5, 5.41) is 2.82. The Labute approximate surface area is 122 Å². The molecule has 1 aromatic carbocycles. The number of rotatable bonds is 7. The van der Waals surface area contributed by atoms with Gasteiger partial charge >= 0.3 is 0 Å². The number of hydrogen-bond acceptors (Lipinski definition) is 3. The Hall–Kier alpha value is -1.07. The molecule has 4 nitrogen and oxygen atoms in total. The zero-order chi connectivity index (χ0) is 14.8. The molecule has 1 fully saturated rings. The Balaban J connectivity index is 2.00. The first kappa shape index (κ1) is 15.3. The molecule has 2 N–H and O–H groups in total. The average Bonchev–Trinajstić information content (AvgIpc) is 3.19. The van der Waals surface area contributed by atoms with E-state index >= 15 is 0 Å². The van der Waals surface area contributed by atoms with Crippen LogP contribution in [0.1, 0.15) is 45.1 Å². The smallest absolute Gasteiger partial charge is 0.236 e. The van der Waals surface area contributed by atoms with E-state index in [0.29, 0.717) is 24.2 Å². The third kappa shape index (κ3) is 4.21. The summed E-state index contributed by atoms with van der Waals surface area (Å²) in [7, 11) is -3.34. The van der Waals surface area contributed by atoms with Crippen molar-refractivity contribution >= 4 is 15.7 Å². The molecule has 1 aliphatic carbocycles. The summed E-state index contributed by atoms with van der Waals surface area (Å²) in [6.07, 6.45) is 2.33. The van der Waals surface area contributed by atoms with E-state index in [-0.39, 0.29) is 0 Å². The molecule has 0 amide bonds. The highest BCUT2D eigenvalue weighted by atomic mass is 32.2. The van der Waals surface area contributed by atoms with Crippen LogP contribution in [-0.2, 0) is 10.0 Å². The van der Waals surface area contributed by atoms with Crippen molar-refractivity contribution in [3.8, 4) is 0 Å². The summed E-state index contributed by atoms with van der Waals surface area (Å²) < 4.78 is 27.2. The lowest BCUT2D eigenvalue weighted by atomic mass is 10.0. The Kier molecular flexibility index (Phi) is 4.70. The van der Waals surface area contributed by atoms with E-state index in [2.05, 4.69) is 23.9 Å². The number of sulfonamides is 1. The fourth-order valence-electron chi connectivity index (χ4n) is 1.96. The van der Waals surface area contributed by atoms with Gasteiger partial charge in [0.25, 0.3) is 0 Å². The van der Waals surface area contributed by atoms with Gasteiger partial charge in [-0.1, -0.05) is 26.0 Å². The van der Waals surface area contributed by atoms with Crippen molar-refractivity contribution in [3.63, 3.8) is 0 Å². The van der Waals surface area contributed by atoms with Crippen LogP contribution < -0.4 is 10.0 Å². The van der Waals surface area contributed by atoms with E-state index in [1.807, 2.05) is 18.2 Å². The molecule has 0 radical (unpaired) electrons. The van der Waals surface area contributed by atoms with Crippen molar-refractivity contribution in [1.29, 1.82) is 0 Å². The van der Waals surface area contributed by atoms with Gasteiger partial charge < -0.3 is 5.32 Å². The summed E-state index contributed by atoms with van der Waals surface area (Å²) in [6, 6.07) is 8.13. The highest BCUT2D eigenvalue weighted by Gasteiger charge is 2.25. The Morgan fingerprint density at radius 3 is 2.55 bits per heavy atom. The normalized spacial score (nSPS) is 17.2. The minimum atomic E-state index is -3.34. The quantitative estimate of drug-likeness (QED) is 0.813. The van der Waals surface area contributed by atoms with Crippen LogP contribution >= 0.6 is 0 Å². The van der Waals surface area contributed by atoms with Crippen molar-refractivity contribution in [2.75, 3.05) is 11.3 Å². The molecule has 1 aromatic rings. The zero-order valence-electron chi connectivity index (χ0n) is 12.4. The molecule has 0 aliphatic heterocycles. The summed E-state index contributed by atoms with van der Waals surface area (Å²) in [5.74, 6) is 0.383. The van der Waals surface area contributed by atoms with Crippen LogP contribution in [0, 0.1) is 0 Å². The summed E-state index contributed by atoms with van der Waals surface area (Å²) in [4.78, 5) is 0. The molecule has 1 saturated carbocycles. The topological polar surface area (TPSA) is 58.2 Å². The lowest BCUT2D eigenvalue weighted by Gasteiger charge is -2.16. The SMILES string of the molecule is CC(C)c1cccc(NS(=O)(=O)C(C)CNC2CC2)c1. The molecule has 5 heteroatoms. The van der Waals surface area contributed by atoms with Gasteiger partial charge in [-0.05, 0) is 43.4 Å². The third-order valence-electron chi connectivity index (χ3n) is 3.61. The highest BCUT2D eigenvalue weighted by Crippen LogP contribution is 2.21. The molecule has 1 unspecified atom stereocenters. The summed E-state index contributed by atoms with van der Waals surface area (Å²) in [5.41, 5.74) is 1.78. The van der Waals surface area contributed by atoms with Gasteiger partial charge in [0.15, 0.2) is 0 Å². The van der Waals surface area contributed by atoms with E-state index < -0.39 is 15.3 Å². The third-order valence-corrected chi connectivity index (χ3v) is 5.36. The fraction of sp³-hybridized carbons (Fsp3) is 0.600. The second-order valence-electron chi connectivity index (χ2n) is 5.92. The minimum Gasteiger partial charge on any atom is -0.313 e. The van der Waals surface area contributed by atoms with E-state index in [1.54, 1.807) is 13.0 Å². The Morgan fingerprint density at radius 2 is 1.95 bits per heavy atom. The van der Waals surface area contributed by atoms with Gasteiger partial charge in [-0.3, -0.25) is 4.72 Å². The predicted molar refractivity (Wildman–Crippen MR) is 83.6 cm³/mol. The predicted octanol–water partition coefficient (Wildman–Crippen LogP) is 2.69.